The molecular weight excluding hydrogens is 333 g/mol. The lowest BCUT2D eigenvalue weighted by atomic mass is 10.2. The van der Waals surface area contributed by atoms with E-state index in [1.807, 2.05) is 0 Å². The molecule has 0 aliphatic carbocycles. The number of halogens is 3. The minimum absolute atomic E-state index is 0.0921. The van der Waals surface area contributed by atoms with Gasteiger partial charge in [0.05, 0.1) is 27.3 Å². The molecule has 118 valence electrons. The average Bonchev–Trinajstić information content (AvgIpc) is 2.87. The fourth-order valence-electron chi connectivity index (χ4n) is 2.22. The van der Waals surface area contributed by atoms with Gasteiger partial charge in [-0.25, -0.2) is 0 Å². The van der Waals surface area contributed by atoms with Crippen molar-refractivity contribution in [2.45, 2.75) is 44.9 Å². The third-order valence-corrected chi connectivity index (χ3v) is 4.37. The van der Waals surface area contributed by atoms with E-state index in [9.17, 15) is 0 Å². The summed E-state index contributed by atoms with van der Waals surface area (Å²) in [6.45, 7) is 5.60. The van der Waals surface area contributed by atoms with Gasteiger partial charge in [-0.1, -0.05) is 48.7 Å². The molecule has 1 aromatic rings. The summed E-state index contributed by atoms with van der Waals surface area (Å²) in [5.74, 6) is 0.540. The van der Waals surface area contributed by atoms with Gasteiger partial charge in [0.25, 0.3) is 0 Å². The summed E-state index contributed by atoms with van der Waals surface area (Å²) < 4.78 is 11.6. The molecule has 1 aromatic carbocycles. The van der Waals surface area contributed by atoms with Gasteiger partial charge in [-0.2, -0.15) is 0 Å². The first-order valence-electron chi connectivity index (χ1n) is 7.12. The van der Waals surface area contributed by atoms with E-state index in [0.29, 0.717) is 33.5 Å². The lowest BCUT2D eigenvalue weighted by Gasteiger charge is -2.17. The van der Waals surface area contributed by atoms with E-state index in [1.54, 1.807) is 12.1 Å². The Hall–Kier alpha value is -0.190. The molecule has 1 fully saturated rings. The Bertz CT molecular complexity index is 482. The predicted molar refractivity (Wildman–Crippen MR) is 88.0 cm³/mol. The van der Waals surface area contributed by atoms with Gasteiger partial charge in [-0.05, 0) is 18.9 Å². The zero-order valence-corrected chi connectivity index (χ0v) is 14.4. The van der Waals surface area contributed by atoms with Crippen LogP contribution in [0.4, 0.5) is 0 Å². The van der Waals surface area contributed by atoms with E-state index in [2.05, 4.69) is 19.2 Å². The van der Waals surface area contributed by atoms with E-state index in [1.165, 1.54) is 0 Å². The van der Waals surface area contributed by atoms with Crippen molar-refractivity contribution in [2.75, 3.05) is 13.2 Å². The maximum absolute atomic E-state index is 6.08. The Balaban J connectivity index is 1.80. The molecule has 0 saturated carbocycles. The van der Waals surface area contributed by atoms with Crippen molar-refractivity contribution >= 4 is 34.8 Å². The van der Waals surface area contributed by atoms with Gasteiger partial charge in [-0.15, -0.1) is 0 Å². The van der Waals surface area contributed by atoms with Crippen LogP contribution >= 0.6 is 34.8 Å². The molecule has 0 radical (unpaired) electrons. The van der Waals surface area contributed by atoms with Crippen LogP contribution in [0.3, 0.4) is 0 Å². The van der Waals surface area contributed by atoms with Crippen molar-refractivity contribution in [3.63, 3.8) is 0 Å². The number of hydrogen-bond donors (Lipinski definition) is 1. The fraction of sp³-hybridized carbons (Fsp3) is 0.600. The first-order chi connectivity index (χ1) is 9.95. The van der Waals surface area contributed by atoms with Gasteiger partial charge in [-0.3, -0.25) is 0 Å². The van der Waals surface area contributed by atoms with Crippen LogP contribution in [-0.4, -0.2) is 31.4 Å². The van der Waals surface area contributed by atoms with Gasteiger partial charge in [0, 0.05) is 18.7 Å². The minimum Gasteiger partial charge on any atom is -0.489 e. The molecule has 1 heterocycles. The maximum Gasteiger partial charge on any atom is 0.139 e. The zero-order chi connectivity index (χ0) is 15.4. The summed E-state index contributed by atoms with van der Waals surface area (Å²) in [5.41, 5.74) is 0. The molecule has 0 spiro atoms. The molecule has 2 atom stereocenters. The SMILES string of the molecule is CC(C)NCC1CCC(COc2cc(Cl)c(Cl)cc2Cl)O1. The highest BCUT2D eigenvalue weighted by Crippen LogP contribution is 2.34. The van der Waals surface area contributed by atoms with E-state index in [0.717, 1.165) is 19.4 Å². The molecule has 1 aliphatic rings. The lowest BCUT2D eigenvalue weighted by molar-refractivity contribution is 0.0179. The van der Waals surface area contributed by atoms with Crippen molar-refractivity contribution in [3.05, 3.63) is 27.2 Å². The van der Waals surface area contributed by atoms with E-state index in [4.69, 9.17) is 44.3 Å². The van der Waals surface area contributed by atoms with E-state index in [-0.39, 0.29) is 12.2 Å². The molecule has 21 heavy (non-hydrogen) atoms. The summed E-state index contributed by atoms with van der Waals surface area (Å²) >= 11 is 17.9. The van der Waals surface area contributed by atoms with Crippen molar-refractivity contribution in [1.29, 1.82) is 0 Å². The lowest BCUT2D eigenvalue weighted by Crippen LogP contribution is -2.32. The van der Waals surface area contributed by atoms with Crippen LogP contribution in [0, 0.1) is 0 Å². The van der Waals surface area contributed by atoms with Gasteiger partial charge < -0.3 is 14.8 Å². The normalized spacial score (nSPS) is 22.0. The highest BCUT2D eigenvalue weighted by molar-refractivity contribution is 6.43. The van der Waals surface area contributed by atoms with Crippen LogP contribution < -0.4 is 10.1 Å². The van der Waals surface area contributed by atoms with Crippen LogP contribution in [0.2, 0.25) is 15.1 Å². The summed E-state index contributed by atoms with van der Waals surface area (Å²) in [6, 6.07) is 3.70. The average molecular weight is 353 g/mol. The zero-order valence-electron chi connectivity index (χ0n) is 12.2. The number of benzene rings is 1. The van der Waals surface area contributed by atoms with Crippen LogP contribution in [0.5, 0.6) is 5.75 Å². The standard InChI is InChI=1S/C15H20Cl3NO2/c1-9(2)19-7-10-3-4-11(21-10)8-20-15-6-13(17)12(16)5-14(15)18/h5-6,9-11,19H,3-4,7-8H2,1-2H3. The van der Waals surface area contributed by atoms with Crippen LogP contribution in [0.1, 0.15) is 26.7 Å². The molecule has 2 rings (SSSR count). The molecule has 1 saturated heterocycles. The first-order valence-corrected chi connectivity index (χ1v) is 8.25. The highest BCUT2D eigenvalue weighted by atomic mass is 35.5. The minimum atomic E-state index is 0.0921. The Kier molecular flexibility index (Phi) is 6.45. The van der Waals surface area contributed by atoms with Crippen LogP contribution in [0.15, 0.2) is 12.1 Å². The predicted octanol–water partition coefficient (Wildman–Crippen LogP) is 4.57. The van der Waals surface area contributed by atoms with Crippen molar-refractivity contribution in [2.24, 2.45) is 0 Å². The highest BCUT2D eigenvalue weighted by Gasteiger charge is 2.25. The summed E-state index contributed by atoms with van der Waals surface area (Å²) in [6.07, 6.45) is 2.38. The monoisotopic (exact) mass is 351 g/mol. The Morgan fingerprint density at radius 1 is 1.14 bits per heavy atom. The van der Waals surface area contributed by atoms with Crippen molar-refractivity contribution in [3.8, 4) is 5.75 Å². The summed E-state index contributed by atoms with van der Waals surface area (Å²) in [4.78, 5) is 0. The second-order valence-electron chi connectivity index (χ2n) is 5.53. The molecule has 3 nitrogen and oxygen atoms in total. The first kappa shape index (κ1) is 17.2. The third kappa shape index (κ3) is 5.19. The van der Waals surface area contributed by atoms with E-state index >= 15 is 0 Å². The molecule has 0 amide bonds. The molecule has 0 aromatic heterocycles. The van der Waals surface area contributed by atoms with Crippen molar-refractivity contribution < 1.29 is 9.47 Å². The molecule has 1 aliphatic heterocycles. The molecule has 0 bridgehead atoms. The topological polar surface area (TPSA) is 30.5 Å². The fourth-order valence-corrected chi connectivity index (χ4v) is 2.81. The molecular formula is C15H20Cl3NO2. The van der Waals surface area contributed by atoms with Crippen LogP contribution in [0.25, 0.3) is 0 Å². The van der Waals surface area contributed by atoms with Gasteiger partial charge >= 0.3 is 0 Å². The molecule has 6 heteroatoms. The van der Waals surface area contributed by atoms with Crippen molar-refractivity contribution in [1.82, 2.24) is 5.32 Å². The quantitative estimate of drug-likeness (QED) is 0.761. The number of hydrogen-bond acceptors (Lipinski definition) is 3. The molecule has 1 N–H and O–H groups in total. The number of ether oxygens (including phenoxy) is 2. The summed E-state index contributed by atoms with van der Waals surface area (Å²) in [7, 11) is 0. The second-order valence-corrected chi connectivity index (χ2v) is 6.75. The largest absolute Gasteiger partial charge is 0.489 e. The molecule has 2 unspecified atom stereocenters. The van der Waals surface area contributed by atoms with Gasteiger partial charge in [0.2, 0.25) is 0 Å². The Labute approximate surface area is 140 Å². The Morgan fingerprint density at radius 2 is 1.81 bits per heavy atom. The third-order valence-electron chi connectivity index (χ3n) is 3.35. The number of rotatable bonds is 6. The second kappa shape index (κ2) is 7.89. The summed E-state index contributed by atoms with van der Waals surface area (Å²) in [5, 5.41) is 4.70. The Morgan fingerprint density at radius 3 is 2.52 bits per heavy atom. The smallest absolute Gasteiger partial charge is 0.139 e. The van der Waals surface area contributed by atoms with Crippen LogP contribution in [-0.2, 0) is 4.74 Å². The number of nitrogens with one attached hydrogen (secondary N) is 1. The van der Waals surface area contributed by atoms with Gasteiger partial charge in [0.1, 0.15) is 12.4 Å². The van der Waals surface area contributed by atoms with Gasteiger partial charge in [0.15, 0.2) is 0 Å². The van der Waals surface area contributed by atoms with E-state index < -0.39 is 0 Å². The maximum atomic E-state index is 6.08.